The van der Waals surface area contributed by atoms with Gasteiger partial charge in [0.2, 0.25) is 0 Å². The Morgan fingerprint density at radius 1 is 1.33 bits per heavy atom. The molecular weight excluding hydrogens is 312 g/mol. The number of nitrogens with zero attached hydrogens (tertiary/aromatic N) is 1. The second-order valence-electron chi connectivity index (χ2n) is 6.19. The lowest BCUT2D eigenvalue weighted by atomic mass is 9.90. The molecule has 1 N–H and O–H groups in total. The highest BCUT2D eigenvalue weighted by molar-refractivity contribution is 5.94. The van der Waals surface area contributed by atoms with E-state index < -0.39 is 29.1 Å². The van der Waals surface area contributed by atoms with Crippen LogP contribution in [0.3, 0.4) is 0 Å². The number of aryl methyl sites for hydroxylation is 2. The van der Waals surface area contributed by atoms with Crippen molar-refractivity contribution in [2.75, 3.05) is 0 Å². The van der Waals surface area contributed by atoms with Crippen LogP contribution in [0.5, 0.6) is 0 Å². The Bertz CT molecular complexity index is 718. The molecule has 1 aromatic rings. The first kappa shape index (κ1) is 19.4. The molecule has 0 aliphatic carbocycles. The van der Waals surface area contributed by atoms with Crippen LogP contribution in [0, 0.1) is 31.1 Å². The number of hydrogen-bond donors (Lipinski definition) is 1. The molecule has 1 aromatic heterocycles. The van der Waals surface area contributed by atoms with Crippen molar-refractivity contribution in [1.82, 2.24) is 5.32 Å². The highest BCUT2D eigenvalue weighted by Gasteiger charge is 2.33. The molecule has 0 fully saturated rings. The van der Waals surface area contributed by atoms with Crippen LogP contribution in [-0.4, -0.2) is 23.5 Å². The van der Waals surface area contributed by atoms with E-state index in [1.165, 1.54) is 19.9 Å². The molecule has 0 spiro atoms. The van der Waals surface area contributed by atoms with Crippen LogP contribution in [0.25, 0.3) is 0 Å². The molecule has 1 heterocycles. The first-order valence-corrected chi connectivity index (χ1v) is 7.57. The lowest BCUT2D eigenvalue weighted by Gasteiger charge is -2.28. The molecular formula is C17H22N2O5. The zero-order valence-corrected chi connectivity index (χ0v) is 14.7. The normalized spacial score (nSPS) is 14.4. The smallest absolute Gasteiger partial charge is 0.342 e. The Kier molecular flexibility index (Phi) is 5.91. The average Bonchev–Trinajstić information content (AvgIpc) is 2.45. The van der Waals surface area contributed by atoms with E-state index in [1.54, 1.807) is 27.7 Å². The van der Waals surface area contributed by atoms with Gasteiger partial charge in [0, 0.05) is 6.07 Å². The second-order valence-corrected chi connectivity index (χ2v) is 6.19. The summed E-state index contributed by atoms with van der Waals surface area (Å²) in [6.07, 6.45) is -1.10. The van der Waals surface area contributed by atoms with E-state index >= 15 is 0 Å². The Labute approximate surface area is 140 Å². The summed E-state index contributed by atoms with van der Waals surface area (Å²) in [4.78, 5) is 35.7. The standard InChI is InChI=1S/C17H22N2O5/c1-9(2)17(6,8-18)19-15(21)12(5)24-16(22)14-10(3)7-13(20)23-11(14)4/h7,9,12H,1-6H3,(H,19,21). The van der Waals surface area contributed by atoms with Crippen molar-refractivity contribution >= 4 is 11.9 Å². The second kappa shape index (κ2) is 7.30. The molecule has 0 aliphatic rings. The SMILES string of the molecule is Cc1cc(=O)oc(C)c1C(=O)OC(C)C(=O)NC(C)(C#N)C(C)C. The molecule has 0 saturated heterocycles. The van der Waals surface area contributed by atoms with Crippen LogP contribution >= 0.6 is 0 Å². The molecule has 7 heteroatoms. The zero-order valence-electron chi connectivity index (χ0n) is 14.7. The van der Waals surface area contributed by atoms with Gasteiger partial charge in [-0.3, -0.25) is 4.79 Å². The predicted octanol–water partition coefficient (Wildman–Crippen LogP) is 1.86. The molecule has 1 rings (SSSR count). The lowest BCUT2D eigenvalue weighted by Crippen LogP contribution is -2.52. The van der Waals surface area contributed by atoms with Crippen molar-refractivity contribution in [3.05, 3.63) is 33.4 Å². The van der Waals surface area contributed by atoms with Crippen LogP contribution in [0.15, 0.2) is 15.3 Å². The Morgan fingerprint density at radius 2 is 1.92 bits per heavy atom. The minimum Gasteiger partial charge on any atom is -0.449 e. The van der Waals surface area contributed by atoms with E-state index in [1.807, 2.05) is 0 Å². The first-order valence-electron chi connectivity index (χ1n) is 7.57. The summed E-state index contributed by atoms with van der Waals surface area (Å²) in [5.74, 6) is -1.34. The van der Waals surface area contributed by atoms with Gasteiger partial charge in [-0.05, 0) is 39.2 Å². The summed E-state index contributed by atoms with van der Waals surface area (Å²) in [5.41, 5.74) is -1.11. The monoisotopic (exact) mass is 334 g/mol. The maximum Gasteiger partial charge on any atom is 0.342 e. The third-order valence-corrected chi connectivity index (χ3v) is 3.96. The summed E-state index contributed by atoms with van der Waals surface area (Å²) < 4.78 is 10.0. The van der Waals surface area contributed by atoms with Crippen LogP contribution in [0.2, 0.25) is 0 Å². The molecule has 2 unspecified atom stereocenters. The van der Waals surface area contributed by atoms with E-state index in [-0.39, 0.29) is 17.2 Å². The minimum absolute atomic E-state index is 0.112. The zero-order chi connectivity index (χ0) is 18.7. The van der Waals surface area contributed by atoms with Crippen LogP contribution in [0.1, 0.15) is 49.4 Å². The van der Waals surface area contributed by atoms with Gasteiger partial charge in [-0.2, -0.15) is 5.26 Å². The predicted molar refractivity (Wildman–Crippen MR) is 86.3 cm³/mol. The molecule has 0 aromatic carbocycles. The molecule has 24 heavy (non-hydrogen) atoms. The van der Waals surface area contributed by atoms with Gasteiger partial charge < -0.3 is 14.5 Å². The molecule has 0 aliphatic heterocycles. The number of nitrogens with one attached hydrogen (secondary N) is 1. The quantitative estimate of drug-likeness (QED) is 0.823. The van der Waals surface area contributed by atoms with Crippen molar-refractivity contribution in [2.45, 2.75) is 53.2 Å². The summed E-state index contributed by atoms with van der Waals surface area (Å²) in [6.45, 7) is 9.68. The van der Waals surface area contributed by atoms with E-state index in [0.717, 1.165) is 0 Å². The van der Waals surface area contributed by atoms with Gasteiger partial charge in [-0.15, -0.1) is 0 Å². The summed E-state index contributed by atoms with van der Waals surface area (Å²) >= 11 is 0. The maximum atomic E-state index is 12.3. The summed E-state index contributed by atoms with van der Waals surface area (Å²) in [6, 6.07) is 3.23. The Balaban J connectivity index is 2.90. The molecule has 7 nitrogen and oxygen atoms in total. The Hall–Kier alpha value is -2.62. The molecule has 1 amide bonds. The highest BCUT2D eigenvalue weighted by atomic mass is 16.5. The van der Waals surface area contributed by atoms with Crippen LogP contribution in [-0.2, 0) is 9.53 Å². The van der Waals surface area contributed by atoms with E-state index in [2.05, 4.69) is 11.4 Å². The fourth-order valence-corrected chi connectivity index (χ4v) is 1.99. The summed E-state index contributed by atoms with van der Waals surface area (Å²) in [5, 5.41) is 11.8. The highest BCUT2D eigenvalue weighted by Crippen LogP contribution is 2.17. The van der Waals surface area contributed by atoms with Crippen molar-refractivity contribution < 1.29 is 18.7 Å². The number of ether oxygens (including phenoxy) is 1. The van der Waals surface area contributed by atoms with Crippen molar-refractivity contribution in [3.8, 4) is 6.07 Å². The average molecular weight is 334 g/mol. The van der Waals surface area contributed by atoms with Crippen LogP contribution < -0.4 is 10.9 Å². The number of carbonyl (C=O) groups is 2. The first-order chi connectivity index (χ1) is 11.0. The molecule has 0 saturated carbocycles. The van der Waals surface area contributed by atoms with Crippen molar-refractivity contribution in [2.24, 2.45) is 5.92 Å². The number of esters is 1. The maximum absolute atomic E-state index is 12.3. The van der Waals surface area contributed by atoms with Gasteiger partial charge in [0.1, 0.15) is 16.9 Å². The molecule has 2 atom stereocenters. The van der Waals surface area contributed by atoms with Crippen molar-refractivity contribution in [1.29, 1.82) is 5.26 Å². The van der Waals surface area contributed by atoms with Gasteiger partial charge in [-0.1, -0.05) is 13.8 Å². The Morgan fingerprint density at radius 3 is 2.38 bits per heavy atom. The number of rotatable bonds is 5. The minimum atomic E-state index is -1.10. The molecule has 130 valence electrons. The van der Waals surface area contributed by atoms with E-state index in [4.69, 9.17) is 9.15 Å². The number of nitriles is 1. The van der Waals surface area contributed by atoms with Gasteiger partial charge in [0.25, 0.3) is 5.91 Å². The van der Waals surface area contributed by atoms with E-state index in [0.29, 0.717) is 5.56 Å². The van der Waals surface area contributed by atoms with Crippen molar-refractivity contribution in [3.63, 3.8) is 0 Å². The van der Waals surface area contributed by atoms with E-state index in [9.17, 15) is 19.6 Å². The molecule has 0 radical (unpaired) electrons. The number of hydrogen-bond acceptors (Lipinski definition) is 6. The van der Waals surface area contributed by atoms with Gasteiger partial charge >= 0.3 is 11.6 Å². The fourth-order valence-electron chi connectivity index (χ4n) is 1.99. The number of amides is 1. The fraction of sp³-hybridized carbons (Fsp3) is 0.529. The van der Waals surface area contributed by atoms with Crippen LogP contribution in [0.4, 0.5) is 0 Å². The largest absolute Gasteiger partial charge is 0.449 e. The summed E-state index contributed by atoms with van der Waals surface area (Å²) in [7, 11) is 0. The molecule has 0 bridgehead atoms. The number of carbonyl (C=O) groups excluding carboxylic acids is 2. The third-order valence-electron chi connectivity index (χ3n) is 3.96. The van der Waals surface area contributed by atoms with Gasteiger partial charge in [-0.25, -0.2) is 9.59 Å². The topological polar surface area (TPSA) is 109 Å². The third kappa shape index (κ3) is 4.22. The van der Waals surface area contributed by atoms with Gasteiger partial charge in [0.15, 0.2) is 6.10 Å². The lowest BCUT2D eigenvalue weighted by molar-refractivity contribution is -0.130. The van der Waals surface area contributed by atoms with Gasteiger partial charge in [0.05, 0.1) is 6.07 Å².